The molecule has 0 aromatic rings. The fourth-order valence-corrected chi connectivity index (χ4v) is 1.19. The van der Waals surface area contributed by atoms with Crippen molar-refractivity contribution in [3.63, 3.8) is 0 Å². The van der Waals surface area contributed by atoms with Crippen molar-refractivity contribution in [1.29, 1.82) is 0 Å². The molecule has 0 amide bonds. The Balaban J connectivity index is 2.41. The standard InChI is InChI=1S/C6H13NO2/c7-4-2-1-3-5(8)6(4)9/h4-6,8-9H,1-3,7H2/t4-,5-,6-/m1/s1. The van der Waals surface area contributed by atoms with Crippen molar-refractivity contribution in [3.05, 3.63) is 0 Å². The summed E-state index contributed by atoms with van der Waals surface area (Å²) in [4.78, 5) is 0. The molecule has 9 heavy (non-hydrogen) atoms. The predicted octanol–water partition coefficient (Wildman–Crippen LogP) is -0.781. The van der Waals surface area contributed by atoms with Gasteiger partial charge in [-0.15, -0.1) is 0 Å². The Bertz CT molecular complexity index is 87.1. The first-order valence-electron chi connectivity index (χ1n) is 3.33. The van der Waals surface area contributed by atoms with Gasteiger partial charge in [0.25, 0.3) is 0 Å². The average molecular weight is 131 g/mol. The van der Waals surface area contributed by atoms with Crippen molar-refractivity contribution < 1.29 is 10.2 Å². The molecule has 1 aliphatic carbocycles. The second kappa shape index (κ2) is 2.64. The van der Waals surface area contributed by atoms with E-state index in [4.69, 9.17) is 15.9 Å². The monoisotopic (exact) mass is 131 g/mol. The van der Waals surface area contributed by atoms with Crippen LogP contribution < -0.4 is 5.73 Å². The highest BCUT2D eigenvalue weighted by molar-refractivity contribution is 4.83. The summed E-state index contributed by atoms with van der Waals surface area (Å²) in [7, 11) is 0. The van der Waals surface area contributed by atoms with Gasteiger partial charge in [-0.25, -0.2) is 0 Å². The molecule has 1 fully saturated rings. The molecular weight excluding hydrogens is 118 g/mol. The Labute approximate surface area is 54.5 Å². The van der Waals surface area contributed by atoms with Crippen molar-refractivity contribution in [2.24, 2.45) is 5.73 Å². The molecule has 3 atom stereocenters. The molecule has 0 aromatic carbocycles. The number of aliphatic hydroxyl groups is 2. The average Bonchev–Trinajstić information content (AvgIpc) is 1.83. The normalized spacial score (nSPS) is 45.0. The molecule has 0 heterocycles. The third-order valence-corrected chi connectivity index (χ3v) is 1.87. The van der Waals surface area contributed by atoms with E-state index in [2.05, 4.69) is 0 Å². The maximum Gasteiger partial charge on any atom is 0.0949 e. The lowest BCUT2D eigenvalue weighted by molar-refractivity contribution is -0.0205. The quantitative estimate of drug-likeness (QED) is 0.404. The Hall–Kier alpha value is -0.120. The first-order valence-corrected chi connectivity index (χ1v) is 3.33. The molecule has 54 valence electrons. The highest BCUT2D eigenvalue weighted by atomic mass is 16.3. The number of rotatable bonds is 0. The zero-order chi connectivity index (χ0) is 6.85. The smallest absolute Gasteiger partial charge is 0.0949 e. The van der Waals surface area contributed by atoms with Gasteiger partial charge in [-0.1, -0.05) is 0 Å². The van der Waals surface area contributed by atoms with Gasteiger partial charge in [0.15, 0.2) is 0 Å². The minimum atomic E-state index is -0.696. The summed E-state index contributed by atoms with van der Waals surface area (Å²) < 4.78 is 0. The van der Waals surface area contributed by atoms with Crippen molar-refractivity contribution in [2.45, 2.75) is 37.5 Å². The lowest BCUT2D eigenvalue weighted by Gasteiger charge is -2.28. The van der Waals surface area contributed by atoms with E-state index in [0.717, 1.165) is 12.8 Å². The van der Waals surface area contributed by atoms with Crippen LogP contribution in [0, 0.1) is 0 Å². The largest absolute Gasteiger partial charge is 0.390 e. The van der Waals surface area contributed by atoms with E-state index < -0.39 is 12.2 Å². The summed E-state index contributed by atoms with van der Waals surface area (Å²) >= 11 is 0. The molecule has 0 unspecified atom stereocenters. The molecule has 0 aliphatic heterocycles. The van der Waals surface area contributed by atoms with Crippen LogP contribution in [0.2, 0.25) is 0 Å². The van der Waals surface area contributed by atoms with E-state index in [1.165, 1.54) is 0 Å². The molecule has 3 nitrogen and oxygen atoms in total. The SMILES string of the molecule is N[C@@H]1CCC[C@@H](O)[C@@H]1O. The summed E-state index contributed by atoms with van der Waals surface area (Å²) in [5.41, 5.74) is 5.46. The topological polar surface area (TPSA) is 66.5 Å². The number of hydrogen-bond acceptors (Lipinski definition) is 3. The number of aliphatic hydroxyl groups excluding tert-OH is 2. The molecule has 1 aliphatic rings. The molecule has 1 rings (SSSR count). The lowest BCUT2D eigenvalue weighted by Crippen LogP contribution is -2.46. The van der Waals surface area contributed by atoms with E-state index in [0.29, 0.717) is 6.42 Å². The second-order valence-corrected chi connectivity index (χ2v) is 2.65. The number of nitrogens with two attached hydrogens (primary N) is 1. The zero-order valence-corrected chi connectivity index (χ0v) is 5.33. The molecule has 0 bridgehead atoms. The van der Waals surface area contributed by atoms with Crippen molar-refractivity contribution in [2.75, 3.05) is 0 Å². The fourth-order valence-electron chi connectivity index (χ4n) is 1.19. The Kier molecular flexibility index (Phi) is 2.05. The Morgan fingerprint density at radius 3 is 2.33 bits per heavy atom. The Morgan fingerprint density at radius 2 is 1.89 bits per heavy atom. The van der Waals surface area contributed by atoms with E-state index in [1.807, 2.05) is 0 Å². The maximum absolute atomic E-state index is 9.07. The van der Waals surface area contributed by atoms with E-state index in [9.17, 15) is 0 Å². The van der Waals surface area contributed by atoms with Gasteiger partial charge >= 0.3 is 0 Å². The van der Waals surface area contributed by atoms with Crippen molar-refractivity contribution in [3.8, 4) is 0 Å². The van der Waals surface area contributed by atoms with Crippen LogP contribution in [0.15, 0.2) is 0 Å². The fraction of sp³-hybridized carbons (Fsp3) is 1.00. The van der Waals surface area contributed by atoms with Crippen LogP contribution in [0.1, 0.15) is 19.3 Å². The zero-order valence-electron chi connectivity index (χ0n) is 5.33. The van der Waals surface area contributed by atoms with Gasteiger partial charge in [0, 0.05) is 6.04 Å². The molecule has 0 aromatic heterocycles. The molecule has 0 radical (unpaired) electrons. The van der Waals surface area contributed by atoms with Crippen LogP contribution in [0.25, 0.3) is 0 Å². The summed E-state index contributed by atoms with van der Waals surface area (Å²) in [5.74, 6) is 0. The summed E-state index contributed by atoms with van der Waals surface area (Å²) in [6.45, 7) is 0. The highest BCUT2D eigenvalue weighted by Gasteiger charge is 2.26. The summed E-state index contributed by atoms with van der Waals surface area (Å²) in [6.07, 6.45) is 1.17. The van der Waals surface area contributed by atoms with Crippen LogP contribution in [-0.2, 0) is 0 Å². The van der Waals surface area contributed by atoms with Crippen LogP contribution in [0.4, 0.5) is 0 Å². The van der Waals surface area contributed by atoms with E-state index in [1.54, 1.807) is 0 Å². The highest BCUT2D eigenvalue weighted by Crippen LogP contribution is 2.16. The number of hydrogen-bond donors (Lipinski definition) is 3. The van der Waals surface area contributed by atoms with Gasteiger partial charge in [-0.3, -0.25) is 0 Å². The lowest BCUT2D eigenvalue weighted by atomic mass is 9.91. The molecule has 0 spiro atoms. The maximum atomic E-state index is 9.07. The van der Waals surface area contributed by atoms with E-state index in [-0.39, 0.29) is 6.04 Å². The third-order valence-electron chi connectivity index (χ3n) is 1.87. The van der Waals surface area contributed by atoms with E-state index >= 15 is 0 Å². The Morgan fingerprint density at radius 1 is 1.22 bits per heavy atom. The second-order valence-electron chi connectivity index (χ2n) is 2.65. The molecule has 0 saturated heterocycles. The minimum Gasteiger partial charge on any atom is -0.390 e. The first-order chi connectivity index (χ1) is 4.22. The predicted molar refractivity (Wildman–Crippen MR) is 33.8 cm³/mol. The molecule has 4 N–H and O–H groups in total. The van der Waals surface area contributed by atoms with Crippen molar-refractivity contribution >= 4 is 0 Å². The van der Waals surface area contributed by atoms with Gasteiger partial charge in [0.1, 0.15) is 0 Å². The summed E-state index contributed by atoms with van der Waals surface area (Å²) in [5, 5.41) is 18.1. The third kappa shape index (κ3) is 1.41. The van der Waals surface area contributed by atoms with Crippen molar-refractivity contribution in [1.82, 2.24) is 0 Å². The van der Waals surface area contributed by atoms with Crippen LogP contribution in [0.3, 0.4) is 0 Å². The first kappa shape index (κ1) is 6.99. The van der Waals surface area contributed by atoms with Gasteiger partial charge in [0.05, 0.1) is 12.2 Å². The van der Waals surface area contributed by atoms with Crippen LogP contribution >= 0.6 is 0 Å². The minimum absolute atomic E-state index is 0.214. The van der Waals surface area contributed by atoms with Gasteiger partial charge in [-0.2, -0.15) is 0 Å². The van der Waals surface area contributed by atoms with Gasteiger partial charge in [-0.05, 0) is 19.3 Å². The molecule has 1 saturated carbocycles. The molecular formula is C6H13NO2. The van der Waals surface area contributed by atoms with Crippen LogP contribution in [0.5, 0.6) is 0 Å². The van der Waals surface area contributed by atoms with Crippen LogP contribution in [-0.4, -0.2) is 28.5 Å². The van der Waals surface area contributed by atoms with Gasteiger partial charge < -0.3 is 15.9 Å². The van der Waals surface area contributed by atoms with Gasteiger partial charge in [0.2, 0.25) is 0 Å². The molecule has 3 heteroatoms. The summed E-state index contributed by atoms with van der Waals surface area (Å²) in [6, 6.07) is -0.214.